The molecule has 1 aromatic rings. The predicted octanol–water partition coefficient (Wildman–Crippen LogP) is 4.61. The summed E-state index contributed by atoms with van der Waals surface area (Å²) in [7, 11) is 3.70. The maximum atomic E-state index is 13.1. The van der Waals surface area contributed by atoms with Crippen LogP contribution >= 0.6 is 15.9 Å². The fraction of sp³-hybridized carbons (Fsp3) is 0.625. The molecule has 2 fully saturated rings. The first-order valence-corrected chi connectivity index (χ1v) is 11.9. The van der Waals surface area contributed by atoms with Gasteiger partial charge in [-0.15, -0.1) is 0 Å². The van der Waals surface area contributed by atoms with Gasteiger partial charge < -0.3 is 18.9 Å². The maximum absolute atomic E-state index is 13.1. The molecule has 3 aliphatic rings. The lowest BCUT2D eigenvalue weighted by Crippen LogP contribution is -2.54. The van der Waals surface area contributed by atoms with Gasteiger partial charge in [-0.1, -0.05) is 28.4 Å². The first-order chi connectivity index (χ1) is 14.8. The largest absolute Gasteiger partial charge is 0.493 e. The number of carbonyl (C=O) groups is 1. The van der Waals surface area contributed by atoms with Crippen LogP contribution in [-0.4, -0.2) is 54.8 Å². The van der Waals surface area contributed by atoms with Crippen LogP contribution in [0.15, 0.2) is 24.3 Å². The fourth-order valence-electron chi connectivity index (χ4n) is 5.59. The molecule has 1 aromatic carbocycles. The third-order valence-electron chi connectivity index (χ3n) is 6.72. The van der Waals surface area contributed by atoms with Crippen molar-refractivity contribution in [2.75, 3.05) is 27.3 Å². The molecule has 0 amide bonds. The molecule has 1 saturated heterocycles. The van der Waals surface area contributed by atoms with Crippen LogP contribution in [0, 0.1) is 11.3 Å². The zero-order valence-electron chi connectivity index (χ0n) is 18.9. The van der Waals surface area contributed by atoms with Gasteiger partial charge in [-0.05, 0) is 58.9 Å². The molecule has 0 radical (unpaired) electrons. The molecule has 0 aromatic heterocycles. The van der Waals surface area contributed by atoms with E-state index in [1.807, 2.05) is 39.0 Å². The van der Waals surface area contributed by atoms with Crippen molar-refractivity contribution >= 4 is 27.7 Å². The lowest BCUT2D eigenvalue weighted by Gasteiger charge is -2.47. The van der Waals surface area contributed by atoms with E-state index in [4.69, 9.17) is 18.9 Å². The molecule has 170 valence electrons. The normalized spacial score (nSPS) is 32.2. The van der Waals surface area contributed by atoms with Crippen molar-refractivity contribution in [2.24, 2.45) is 11.3 Å². The molecule has 0 N–H and O–H groups in total. The van der Waals surface area contributed by atoms with Crippen molar-refractivity contribution in [1.82, 2.24) is 4.90 Å². The number of para-hydroxylation sites is 1. The number of alkyl halides is 1. The Morgan fingerprint density at radius 1 is 1.39 bits per heavy atom. The van der Waals surface area contributed by atoms with Crippen LogP contribution in [0.25, 0.3) is 5.76 Å². The van der Waals surface area contributed by atoms with Crippen LogP contribution in [0.2, 0.25) is 0 Å². The number of hydrogen-bond acceptors (Lipinski definition) is 6. The monoisotopic (exact) mass is 493 g/mol. The minimum Gasteiger partial charge on any atom is -0.493 e. The summed E-state index contributed by atoms with van der Waals surface area (Å²) in [5, 5.41) is 0. The first kappa shape index (κ1) is 22.5. The summed E-state index contributed by atoms with van der Waals surface area (Å²) in [4.78, 5) is 15.3. The summed E-state index contributed by atoms with van der Waals surface area (Å²) in [6, 6.07) is 5.81. The Hall–Kier alpha value is -1.73. The molecule has 1 aliphatic carbocycles. The average molecular weight is 494 g/mol. The number of likely N-dealkylation sites (tertiary alicyclic amines) is 1. The molecule has 0 bridgehead atoms. The second-order valence-electron chi connectivity index (χ2n) is 8.99. The zero-order valence-corrected chi connectivity index (χ0v) is 20.5. The van der Waals surface area contributed by atoms with Crippen molar-refractivity contribution in [2.45, 2.75) is 56.7 Å². The van der Waals surface area contributed by atoms with Gasteiger partial charge >= 0.3 is 5.97 Å². The summed E-state index contributed by atoms with van der Waals surface area (Å²) in [5.74, 6) is 1.64. The third-order valence-corrected chi connectivity index (χ3v) is 8.06. The van der Waals surface area contributed by atoms with Gasteiger partial charge in [0, 0.05) is 6.54 Å². The predicted molar refractivity (Wildman–Crippen MR) is 122 cm³/mol. The molecule has 2 aliphatic heterocycles. The summed E-state index contributed by atoms with van der Waals surface area (Å²) in [5.41, 5.74) is 0.327. The molecule has 6 nitrogen and oxygen atoms in total. The van der Waals surface area contributed by atoms with Gasteiger partial charge in [0.2, 0.25) is 0 Å². The van der Waals surface area contributed by atoms with Crippen LogP contribution in [0.1, 0.15) is 45.6 Å². The van der Waals surface area contributed by atoms with Crippen molar-refractivity contribution < 1.29 is 23.7 Å². The Kier molecular flexibility index (Phi) is 6.03. The highest BCUT2D eigenvalue weighted by atomic mass is 79.9. The Morgan fingerprint density at radius 3 is 2.84 bits per heavy atom. The Labute approximate surface area is 193 Å². The molecule has 4 atom stereocenters. The number of halogens is 1. The highest BCUT2D eigenvalue weighted by molar-refractivity contribution is 9.10. The number of nitrogens with zero attached hydrogens (tertiary/aromatic N) is 1. The topological polar surface area (TPSA) is 57.2 Å². The van der Waals surface area contributed by atoms with Crippen LogP contribution in [0.3, 0.4) is 0 Å². The quantitative estimate of drug-likeness (QED) is 0.426. The van der Waals surface area contributed by atoms with E-state index in [9.17, 15) is 4.79 Å². The summed E-state index contributed by atoms with van der Waals surface area (Å²) in [6.45, 7) is 7.02. The molecule has 0 unspecified atom stereocenters. The highest BCUT2D eigenvalue weighted by Gasteiger charge is 2.70. The van der Waals surface area contributed by atoms with Crippen molar-refractivity contribution in [3.05, 3.63) is 29.8 Å². The third kappa shape index (κ3) is 3.44. The van der Waals surface area contributed by atoms with E-state index in [1.165, 1.54) is 0 Å². The molecule has 2 heterocycles. The van der Waals surface area contributed by atoms with Crippen LogP contribution in [-0.2, 0) is 14.3 Å². The van der Waals surface area contributed by atoms with E-state index in [-0.39, 0.29) is 28.5 Å². The molecular formula is C24H32BrNO5. The lowest BCUT2D eigenvalue weighted by molar-refractivity contribution is -0.157. The molecule has 7 heteroatoms. The second-order valence-corrected chi connectivity index (χ2v) is 10.5. The van der Waals surface area contributed by atoms with E-state index in [2.05, 4.69) is 34.0 Å². The summed E-state index contributed by atoms with van der Waals surface area (Å²) in [6.07, 6.45) is 4.63. The molecular weight excluding hydrogens is 462 g/mol. The van der Waals surface area contributed by atoms with Crippen LogP contribution in [0.4, 0.5) is 0 Å². The standard InChI is InChI=1S/C24H32BrNO5/c1-6-29-21(27)17-10-8-12-23(25)14-26(4)22-24(17,23)13-19(31-22)16-9-7-11-18(28-5)20(16)30-15(2)3/h7,9,11,13,15,17,22H,6,8,10,12,14H2,1-5H3/t17-,22-,23-,24+/m1/s1. The highest BCUT2D eigenvalue weighted by Crippen LogP contribution is 2.65. The maximum Gasteiger partial charge on any atom is 0.310 e. The van der Waals surface area contributed by atoms with E-state index in [1.54, 1.807) is 7.11 Å². The first-order valence-electron chi connectivity index (χ1n) is 11.1. The summed E-state index contributed by atoms with van der Waals surface area (Å²) < 4.78 is 23.6. The van der Waals surface area contributed by atoms with E-state index >= 15 is 0 Å². The van der Waals surface area contributed by atoms with Crippen LogP contribution in [0.5, 0.6) is 11.5 Å². The number of benzene rings is 1. The van der Waals surface area contributed by atoms with Gasteiger partial charge in [0.05, 0.1) is 41.0 Å². The number of esters is 1. The van der Waals surface area contributed by atoms with Gasteiger partial charge in [0.15, 0.2) is 17.7 Å². The van der Waals surface area contributed by atoms with Gasteiger partial charge in [-0.3, -0.25) is 9.69 Å². The second kappa shape index (κ2) is 8.32. The van der Waals surface area contributed by atoms with Gasteiger partial charge in [-0.2, -0.15) is 0 Å². The fourth-order valence-corrected chi connectivity index (χ4v) is 6.85. The minimum atomic E-state index is -0.514. The molecule has 1 spiro atoms. The molecule has 1 saturated carbocycles. The lowest BCUT2D eigenvalue weighted by atomic mass is 9.61. The Morgan fingerprint density at radius 2 is 2.16 bits per heavy atom. The Balaban J connectivity index is 1.86. The van der Waals surface area contributed by atoms with Gasteiger partial charge in [-0.25, -0.2) is 0 Å². The van der Waals surface area contributed by atoms with Gasteiger partial charge in [0.1, 0.15) is 5.76 Å². The zero-order chi connectivity index (χ0) is 22.4. The van der Waals surface area contributed by atoms with E-state index < -0.39 is 5.41 Å². The van der Waals surface area contributed by atoms with E-state index in [0.717, 1.165) is 37.1 Å². The smallest absolute Gasteiger partial charge is 0.310 e. The summed E-state index contributed by atoms with van der Waals surface area (Å²) >= 11 is 4.08. The van der Waals surface area contributed by atoms with E-state index in [0.29, 0.717) is 18.1 Å². The molecule has 4 rings (SSSR count). The number of carbonyl (C=O) groups excluding carboxylic acids is 1. The van der Waals surface area contributed by atoms with Crippen molar-refractivity contribution in [3.8, 4) is 11.5 Å². The Bertz CT molecular complexity index is 887. The van der Waals surface area contributed by atoms with Crippen molar-refractivity contribution in [1.29, 1.82) is 0 Å². The number of hydrogen-bond donors (Lipinski definition) is 0. The SMILES string of the molecule is CCOC(=O)[C@H]1CCC[C@@]2(Br)CN(C)[C@@H]3OC(c4cccc(OC)c4OC(C)C)=C[C@]132. The van der Waals surface area contributed by atoms with Crippen molar-refractivity contribution in [3.63, 3.8) is 0 Å². The number of ether oxygens (including phenoxy) is 4. The minimum absolute atomic E-state index is 0.0189. The van der Waals surface area contributed by atoms with Crippen LogP contribution < -0.4 is 9.47 Å². The van der Waals surface area contributed by atoms with Gasteiger partial charge in [0.25, 0.3) is 0 Å². The molecule has 31 heavy (non-hydrogen) atoms. The number of rotatable bonds is 6. The number of methoxy groups -OCH3 is 1. The average Bonchev–Trinajstić information content (AvgIpc) is 3.20.